The minimum atomic E-state index is -1.03. The summed E-state index contributed by atoms with van der Waals surface area (Å²) in [5.74, 6) is 0.708. The minimum Gasteiger partial charge on any atom is -0.476 e. The van der Waals surface area contributed by atoms with Crippen molar-refractivity contribution in [1.29, 1.82) is 0 Å². The van der Waals surface area contributed by atoms with Crippen molar-refractivity contribution in [2.75, 3.05) is 0 Å². The molecule has 0 saturated carbocycles. The second-order valence-electron chi connectivity index (χ2n) is 4.21. The van der Waals surface area contributed by atoms with Crippen LogP contribution < -0.4 is 0 Å². The van der Waals surface area contributed by atoms with E-state index in [2.05, 4.69) is 15.1 Å². The number of imidazole rings is 1. The number of hydrogen-bond donors (Lipinski definition) is 1. The predicted octanol–water partition coefficient (Wildman–Crippen LogP) is 1.80. The van der Waals surface area contributed by atoms with Gasteiger partial charge in [0.05, 0.1) is 0 Å². The lowest BCUT2D eigenvalue weighted by Crippen LogP contribution is -2.10. The Morgan fingerprint density at radius 2 is 2.15 bits per heavy atom. The van der Waals surface area contributed by atoms with Gasteiger partial charge in [-0.2, -0.15) is 9.67 Å². The summed E-state index contributed by atoms with van der Waals surface area (Å²) in [6.45, 7) is 3.92. The molecule has 8 heteroatoms. The Morgan fingerprint density at radius 3 is 2.80 bits per heavy atom. The normalized spacial score (nSPS) is 11.3. The van der Waals surface area contributed by atoms with Gasteiger partial charge in [-0.1, -0.05) is 13.8 Å². The number of nitrogens with zero attached hydrogens (tertiary/aromatic N) is 5. The van der Waals surface area contributed by atoms with Crippen molar-refractivity contribution in [3.8, 4) is 5.82 Å². The highest BCUT2D eigenvalue weighted by Gasteiger charge is 2.23. The van der Waals surface area contributed by atoms with E-state index in [0.29, 0.717) is 29.4 Å². The maximum atomic E-state index is 11.5. The molecule has 3 rings (SSSR count). The third-order valence-corrected chi connectivity index (χ3v) is 3.75. The number of carboxylic acids is 1. The van der Waals surface area contributed by atoms with E-state index in [-0.39, 0.29) is 5.69 Å². The van der Waals surface area contributed by atoms with Gasteiger partial charge in [0.1, 0.15) is 5.82 Å². The average molecular weight is 291 g/mol. The number of carboxylic acid groups (broad SMARTS) is 1. The van der Waals surface area contributed by atoms with Crippen molar-refractivity contribution in [2.45, 2.75) is 26.7 Å². The van der Waals surface area contributed by atoms with Crippen LogP contribution in [0.4, 0.5) is 0 Å². The second-order valence-corrected chi connectivity index (χ2v) is 5.08. The van der Waals surface area contributed by atoms with Crippen molar-refractivity contribution >= 4 is 22.3 Å². The third kappa shape index (κ3) is 1.80. The van der Waals surface area contributed by atoms with E-state index in [1.54, 1.807) is 20.7 Å². The third-order valence-electron chi connectivity index (χ3n) is 3.00. The van der Waals surface area contributed by atoms with Crippen LogP contribution in [0.1, 0.15) is 36.0 Å². The Bertz CT molecular complexity index is 785. The van der Waals surface area contributed by atoms with Crippen molar-refractivity contribution in [1.82, 2.24) is 24.1 Å². The van der Waals surface area contributed by atoms with Crippen LogP contribution in [0.3, 0.4) is 0 Å². The topological polar surface area (TPSA) is 85.3 Å². The summed E-state index contributed by atoms with van der Waals surface area (Å²) in [6, 6.07) is 0. The van der Waals surface area contributed by atoms with E-state index in [0.717, 1.165) is 5.82 Å². The monoisotopic (exact) mass is 291 g/mol. The maximum Gasteiger partial charge on any atom is 0.356 e. The van der Waals surface area contributed by atoms with Crippen LogP contribution in [-0.4, -0.2) is 35.2 Å². The number of aryl methyl sites for hydroxylation is 2. The molecule has 7 nitrogen and oxygen atoms in total. The van der Waals surface area contributed by atoms with Gasteiger partial charge in [-0.25, -0.2) is 9.78 Å². The Morgan fingerprint density at radius 1 is 1.35 bits per heavy atom. The molecule has 0 spiro atoms. The summed E-state index contributed by atoms with van der Waals surface area (Å²) < 4.78 is 3.11. The van der Waals surface area contributed by atoms with Gasteiger partial charge in [0, 0.05) is 24.4 Å². The fourth-order valence-corrected chi connectivity index (χ4v) is 2.77. The highest BCUT2D eigenvalue weighted by Crippen LogP contribution is 2.21. The van der Waals surface area contributed by atoms with Gasteiger partial charge in [-0.15, -0.1) is 16.4 Å². The molecule has 0 aromatic carbocycles. The Kier molecular flexibility index (Phi) is 3.01. The summed E-state index contributed by atoms with van der Waals surface area (Å²) in [7, 11) is 0. The van der Waals surface area contributed by atoms with E-state index in [1.165, 1.54) is 11.3 Å². The minimum absolute atomic E-state index is 0.114. The van der Waals surface area contributed by atoms with Crippen molar-refractivity contribution in [2.24, 2.45) is 0 Å². The quantitative estimate of drug-likeness (QED) is 0.792. The molecular weight excluding hydrogens is 278 g/mol. The first kappa shape index (κ1) is 12.8. The van der Waals surface area contributed by atoms with E-state index in [9.17, 15) is 9.90 Å². The molecule has 0 atom stereocenters. The highest BCUT2D eigenvalue weighted by atomic mass is 32.1. The Labute approximate surface area is 118 Å². The standard InChI is InChI=1S/C12H13N5O2S/c1-3-7-13-8(4-2)17(15-7)10-9(11(18)19)16-5-6-20-12(16)14-10/h5-6H,3-4H2,1-2H3,(H,18,19). The van der Waals surface area contributed by atoms with Crippen LogP contribution in [0.5, 0.6) is 0 Å². The molecule has 3 aromatic heterocycles. The van der Waals surface area contributed by atoms with Crippen LogP contribution in [0.15, 0.2) is 11.6 Å². The molecule has 0 radical (unpaired) electrons. The smallest absolute Gasteiger partial charge is 0.356 e. The van der Waals surface area contributed by atoms with Gasteiger partial charge in [-0.05, 0) is 0 Å². The van der Waals surface area contributed by atoms with Crippen LogP contribution in [0.2, 0.25) is 0 Å². The van der Waals surface area contributed by atoms with Crippen LogP contribution in [-0.2, 0) is 12.8 Å². The molecule has 0 aliphatic carbocycles. The lowest BCUT2D eigenvalue weighted by atomic mass is 10.4. The summed E-state index contributed by atoms with van der Waals surface area (Å²) >= 11 is 1.39. The van der Waals surface area contributed by atoms with Gasteiger partial charge in [0.2, 0.25) is 0 Å². The molecule has 0 aliphatic rings. The molecule has 0 amide bonds. The fraction of sp³-hybridized carbons (Fsp3) is 0.333. The van der Waals surface area contributed by atoms with Crippen LogP contribution in [0, 0.1) is 0 Å². The van der Waals surface area contributed by atoms with Crippen LogP contribution >= 0.6 is 11.3 Å². The first-order chi connectivity index (χ1) is 9.65. The molecule has 0 saturated heterocycles. The zero-order valence-corrected chi connectivity index (χ0v) is 11.9. The lowest BCUT2D eigenvalue weighted by Gasteiger charge is -2.01. The molecule has 0 aliphatic heterocycles. The van der Waals surface area contributed by atoms with E-state index < -0.39 is 5.97 Å². The summed E-state index contributed by atoms with van der Waals surface area (Å²) in [6.07, 6.45) is 3.06. The van der Waals surface area contributed by atoms with E-state index in [1.807, 2.05) is 13.8 Å². The molecule has 104 valence electrons. The number of fused-ring (bicyclic) bond motifs is 1. The summed E-state index contributed by atoms with van der Waals surface area (Å²) in [4.78, 5) is 20.9. The average Bonchev–Trinajstić information content (AvgIpc) is 3.09. The number of aromatic nitrogens is 5. The van der Waals surface area contributed by atoms with Crippen molar-refractivity contribution in [3.63, 3.8) is 0 Å². The molecule has 3 aromatic rings. The zero-order valence-electron chi connectivity index (χ0n) is 11.1. The predicted molar refractivity (Wildman–Crippen MR) is 73.7 cm³/mol. The zero-order chi connectivity index (χ0) is 14.3. The Balaban J connectivity index is 2.28. The van der Waals surface area contributed by atoms with Gasteiger partial charge in [-0.3, -0.25) is 4.40 Å². The van der Waals surface area contributed by atoms with Gasteiger partial charge in [0.15, 0.2) is 22.3 Å². The van der Waals surface area contributed by atoms with Gasteiger partial charge in [0.25, 0.3) is 0 Å². The van der Waals surface area contributed by atoms with E-state index in [4.69, 9.17) is 0 Å². The van der Waals surface area contributed by atoms with Gasteiger partial charge >= 0.3 is 5.97 Å². The summed E-state index contributed by atoms with van der Waals surface area (Å²) in [5.41, 5.74) is 0.114. The Hall–Kier alpha value is -2.22. The van der Waals surface area contributed by atoms with Crippen LogP contribution in [0.25, 0.3) is 10.8 Å². The van der Waals surface area contributed by atoms with E-state index >= 15 is 0 Å². The SMILES string of the molecule is CCc1nc(CC)n(-c2nc3sccn3c2C(=O)O)n1. The number of carbonyl (C=O) groups is 1. The molecule has 3 heterocycles. The molecule has 0 bridgehead atoms. The molecule has 0 fully saturated rings. The largest absolute Gasteiger partial charge is 0.476 e. The molecule has 20 heavy (non-hydrogen) atoms. The number of hydrogen-bond acceptors (Lipinski definition) is 5. The molecule has 1 N–H and O–H groups in total. The first-order valence-electron chi connectivity index (χ1n) is 6.29. The first-order valence-corrected chi connectivity index (χ1v) is 7.17. The van der Waals surface area contributed by atoms with Gasteiger partial charge < -0.3 is 5.11 Å². The number of thiazole rings is 1. The summed E-state index contributed by atoms with van der Waals surface area (Å²) in [5, 5.41) is 15.6. The number of aromatic carboxylic acids is 1. The lowest BCUT2D eigenvalue weighted by molar-refractivity contribution is 0.0689. The second kappa shape index (κ2) is 4.71. The fourth-order valence-electron chi connectivity index (χ4n) is 2.06. The highest BCUT2D eigenvalue weighted by molar-refractivity contribution is 7.15. The van der Waals surface area contributed by atoms with Crippen molar-refractivity contribution in [3.05, 3.63) is 28.9 Å². The maximum absolute atomic E-state index is 11.5. The molecular formula is C12H13N5O2S. The number of rotatable bonds is 4. The molecule has 0 unspecified atom stereocenters. The van der Waals surface area contributed by atoms with Crippen molar-refractivity contribution < 1.29 is 9.90 Å².